The van der Waals surface area contributed by atoms with Gasteiger partial charge in [0, 0.05) is 24.9 Å². The van der Waals surface area contributed by atoms with Gasteiger partial charge in [0.25, 0.3) is 0 Å². The lowest BCUT2D eigenvalue weighted by atomic mass is 9.85. The van der Waals surface area contributed by atoms with Crippen molar-refractivity contribution in [3.8, 4) is 23.0 Å². The molecule has 0 spiro atoms. The molecule has 7 heteroatoms. The van der Waals surface area contributed by atoms with E-state index in [0.29, 0.717) is 41.5 Å². The predicted octanol–water partition coefficient (Wildman–Crippen LogP) is 4.64. The van der Waals surface area contributed by atoms with Gasteiger partial charge in [-0.1, -0.05) is 13.8 Å². The normalized spacial score (nSPS) is 15.9. The molecule has 7 nitrogen and oxygen atoms in total. The number of ether oxygens (including phenoxy) is 4. The van der Waals surface area contributed by atoms with Crippen LogP contribution in [-0.2, 0) is 17.6 Å². The summed E-state index contributed by atoms with van der Waals surface area (Å²) < 4.78 is 22.1. The minimum atomic E-state index is -0.261. The molecule has 2 aromatic carbocycles. The largest absolute Gasteiger partial charge is 0.493 e. The van der Waals surface area contributed by atoms with Crippen molar-refractivity contribution in [3.05, 3.63) is 46.5 Å². The average Bonchev–Trinajstić information content (AvgIpc) is 2.86. The van der Waals surface area contributed by atoms with Gasteiger partial charge in [-0.15, -0.1) is 0 Å². The van der Waals surface area contributed by atoms with Crippen LogP contribution < -0.4 is 18.9 Å². The molecule has 184 valence electrons. The summed E-state index contributed by atoms with van der Waals surface area (Å²) >= 11 is 0. The first-order valence-corrected chi connectivity index (χ1v) is 11.6. The summed E-state index contributed by atoms with van der Waals surface area (Å²) in [6.07, 6.45) is 1.91. The van der Waals surface area contributed by atoms with E-state index in [1.165, 1.54) is 0 Å². The Labute approximate surface area is 201 Å². The zero-order valence-corrected chi connectivity index (χ0v) is 21.2. The summed E-state index contributed by atoms with van der Waals surface area (Å²) in [5, 5.41) is 0. The number of benzene rings is 2. The van der Waals surface area contributed by atoms with Gasteiger partial charge in [-0.05, 0) is 60.2 Å². The molecule has 1 amide bonds. The molecule has 1 heterocycles. The second-order valence-electron chi connectivity index (χ2n) is 8.63. The fourth-order valence-corrected chi connectivity index (χ4v) is 4.60. The van der Waals surface area contributed by atoms with E-state index in [2.05, 4.69) is 0 Å². The zero-order valence-electron chi connectivity index (χ0n) is 21.2. The molecule has 1 aliphatic rings. The number of carbonyl (C=O) groups excluding carboxylic acids is 2. The highest BCUT2D eigenvalue weighted by Crippen LogP contribution is 2.41. The first-order chi connectivity index (χ1) is 16.3. The van der Waals surface area contributed by atoms with E-state index in [1.807, 2.05) is 36.9 Å². The number of hydrogen-bond donors (Lipinski definition) is 0. The minimum Gasteiger partial charge on any atom is -0.493 e. The lowest BCUT2D eigenvalue weighted by Crippen LogP contribution is -2.40. The van der Waals surface area contributed by atoms with E-state index in [4.69, 9.17) is 18.9 Å². The number of carbonyl (C=O) groups is 2. The van der Waals surface area contributed by atoms with E-state index in [0.717, 1.165) is 29.5 Å². The summed E-state index contributed by atoms with van der Waals surface area (Å²) in [5.74, 6) is 2.24. The van der Waals surface area contributed by atoms with Crippen LogP contribution in [0.4, 0.5) is 0 Å². The maximum atomic E-state index is 13.3. The van der Waals surface area contributed by atoms with Crippen LogP contribution in [0.25, 0.3) is 0 Å². The Morgan fingerprint density at radius 2 is 1.50 bits per heavy atom. The highest BCUT2D eigenvalue weighted by molar-refractivity contribution is 5.99. The van der Waals surface area contributed by atoms with E-state index in [9.17, 15) is 9.59 Å². The van der Waals surface area contributed by atoms with E-state index < -0.39 is 0 Å². The second-order valence-corrected chi connectivity index (χ2v) is 8.63. The Morgan fingerprint density at radius 3 is 2.06 bits per heavy atom. The minimum absolute atomic E-state index is 0.0132. The Bertz CT molecular complexity index is 1060. The Morgan fingerprint density at radius 1 is 0.941 bits per heavy atom. The van der Waals surface area contributed by atoms with Crippen LogP contribution in [0.2, 0.25) is 0 Å². The van der Waals surface area contributed by atoms with Crippen LogP contribution in [0.1, 0.15) is 60.3 Å². The quantitative estimate of drug-likeness (QED) is 0.498. The monoisotopic (exact) mass is 469 g/mol. The van der Waals surface area contributed by atoms with Crippen LogP contribution in [-0.4, -0.2) is 51.6 Å². The molecule has 34 heavy (non-hydrogen) atoms. The van der Waals surface area contributed by atoms with Crippen LogP contribution in [0.15, 0.2) is 24.3 Å². The molecule has 0 bridgehead atoms. The van der Waals surface area contributed by atoms with Gasteiger partial charge < -0.3 is 23.8 Å². The molecular weight excluding hydrogens is 434 g/mol. The first-order valence-electron chi connectivity index (χ1n) is 11.6. The summed E-state index contributed by atoms with van der Waals surface area (Å²) in [6.45, 7) is 6.10. The van der Waals surface area contributed by atoms with Gasteiger partial charge in [-0.3, -0.25) is 9.59 Å². The average molecular weight is 470 g/mol. The highest BCUT2D eigenvalue weighted by Gasteiger charge is 2.32. The van der Waals surface area contributed by atoms with Crippen LogP contribution in [0.5, 0.6) is 23.0 Å². The fraction of sp³-hybridized carbons (Fsp3) is 0.481. The van der Waals surface area contributed by atoms with Crippen molar-refractivity contribution in [1.29, 1.82) is 0 Å². The van der Waals surface area contributed by atoms with E-state index in [-0.39, 0.29) is 23.7 Å². The van der Waals surface area contributed by atoms with Gasteiger partial charge in [-0.25, -0.2) is 0 Å². The van der Waals surface area contributed by atoms with Crippen molar-refractivity contribution in [2.45, 2.75) is 46.1 Å². The molecule has 0 radical (unpaired) electrons. The third-order valence-electron chi connectivity index (χ3n) is 6.76. The third kappa shape index (κ3) is 4.83. The number of hydrogen-bond acceptors (Lipinski definition) is 6. The fourth-order valence-electron chi connectivity index (χ4n) is 4.60. The summed E-state index contributed by atoms with van der Waals surface area (Å²) in [4.78, 5) is 27.8. The number of fused-ring (bicyclic) bond motifs is 1. The first kappa shape index (κ1) is 25.4. The predicted molar refractivity (Wildman–Crippen MR) is 130 cm³/mol. The second kappa shape index (κ2) is 10.8. The summed E-state index contributed by atoms with van der Waals surface area (Å²) in [6, 6.07) is 7.30. The maximum Gasteiger partial charge on any atom is 0.219 e. The van der Waals surface area contributed by atoms with E-state index in [1.54, 1.807) is 41.4 Å². The number of methoxy groups -OCH3 is 4. The molecule has 0 saturated heterocycles. The van der Waals surface area contributed by atoms with Crippen molar-refractivity contribution in [2.75, 3.05) is 35.0 Å². The van der Waals surface area contributed by atoms with Gasteiger partial charge in [0.05, 0.1) is 34.5 Å². The Balaban J connectivity index is 2.17. The molecule has 1 aliphatic heterocycles. The van der Waals surface area contributed by atoms with Crippen molar-refractivity contribution in [1.82, 2.24) is 4.90 Å². The lowest BCUT2D eigenvalue weighted by Gasteiger charge is -2.38. The molecule has 2 atom stereocenters. The Hall–Kier alpha value is -3.22. The molecule has 2 aromatic rings. The van der Waals surface area contributed by atoms with Gasteiger partial charge in [0.15, 0.2) is 28.8 Å². The third-order valence-corrected chi connectivity index (χ3v) is 6.76. The smallest absolute Gasteiger partial charge is 0.219 e. The highest BCUT2D eigenvalue weighted by atomic mass is 16.5. The molecule has 0 fully saturated rings. The van der Waals surface area contributed by atoms with Crippen molar-refractivity contribution < 1.29 is 28.5 Å². The maximum absolute atomic E-state index is 13.3. The van der Waals surface area contributed by atoms with Crippen molar-refractivity contribution in [3.63, 3.8) is 0 Å². The number of rotatable bonds is 9. The summed E-state index contributed by atoms with van der Waals surface area (Å²) in [5.41, 5.74) is 3.52. The Kier molecular flexibility index (Phi) is 8.07. The van der Waals surface area contributed by atoms with Crippen LogP contribution in [0.3, 0.4) is 0 Å². The van der Waals surface area contributed by atoms with Gasteiger partial charge in [-0.2, -0.15) is 0 Å². The number of amides is 1. The molecule has 2 unspecified atom stereocenters. The van der Waals surface area contributed by atoms with Gasteiger partial charge >= 0.3 is 0 Å². The van der Waals surface area contributed by atoms with Crippen molar-refractivity contribution in [2.24, 2.45) is 5.92 Å². The number of nitrogens with zero attached hydrogens (tertiary/aromatic N) is 1. The number of Topliss-reactive ketones (excluding diaryl/α,β-unsaturated/α-hetero) is 1. The SMILES string of the molecule is CCC(C)C(=O)c1cc(OC)c(OC)cc1CC1c2cc(OC)c(OC)cc2CCN1C(C)=O. The molecular formula is C27H35NO6. The van der Waals surface area contributed by atoms with Crippen LogP contribution >= 0.6 is 0 Å². The lowest BCUT2D eigenvalue weighted by molar-refractivity contribution is -0.131. The molecule has 3 rings (SSSR count). The number of ketones is 1. The van der Waals surface area contributed by atoms with Crippen molar-refractivity contribution >= 4 is 11.7 Å². The molecule has 0 saturated carbocycles. The van der Waals surface area contributed by atoms with Crippen LogP contribution in [0, 0.1) is 5.92 Å². The topological polar surface area (TPSA) is 74.3 Å². The molecule has 0 N–H and O–H groups in total. The van der Waals surface area contributed by atoms with E-state index >= 15 is 0 Å². The molecule has 0 aromatic heterocycles. The summed E-state index contributed by atoms with van der Waals surface area (Å²) in [7, 11) is 6.35. The van der Waals surface area contributed by atoms with Gasteiger partial charge in [0.2, 0.25) is 5.91 Å². The van der Waals surface area contributed by atoms with Gasteiger partial charge in [0.1, 0.15) is 0 Å². The zero-order chi connectivity index (χ0) is 25.0. The standard InChI is InChI=1S/C27H35NO6/c1-8-16(2)27(30)21-15-26(34-7)24(32-5)13-19(21)11-22-20-14-25(33-6)23(31-4)12-18(20)9-10-28(22)17(3)29/h12-16,22H,8-11H2,1-7H3. The molecule has 0 aliphatic carbocycles.